The fourth-order valence-corrected chi connectivity index (χ4v) is 2.49. The number of nitro benzene ring substituents is 1. The quantitative estimate of drug-likeness (QED) is 0.392. The molecule has 0 atom stereocenters. The maximum absolute atomic E-state index is 11.9. The minimum Gasteiger partial charge on any atom is -0.407 e. The van der Waals surface area contributed by atoms with Gasteiger partial charge in [0, 0.05) is 32.2 Å². The number of carbonyl (C=O) groups is 1. The lowest BCUT2D eigenvalue weighted by atomic mass is 10.2. The molecule has 0 fully saturated rings. The summed E-state index contributed by atoms with van der Waals surface area (Å²) in [7, 11) is 0. The first-order valence-corrected chi connectivity index (χ1v) is 8.54. The molecule has 9 heteroatoms. The minimum absolute atomic E-state index is 0.0916. The van der Waals surface area contributed by atoms with Crippen molar-refractivity contribution in [2.24, 2.45) is 0 Å². The number of nitro groups is 1. The summed E-state index contributed by atoms with van der Waals surface area (Å²) in [6.45, 7) is 5.36. The number of carbonyl (C=O) groups excluding carboxylic acids is 1. The van der Waals surface area contributed by atoms with E-state index in [1.165, 1.54) is 22.8 Å². The normalized spacial score (nSPS) is 11.2. The second kappa shape index (κ2) is 9.14. The molecule has 1 heterocycles. The van der Waals surface area contributed by atoms with E-state index in [-0.39, 0.29) is 29.7 Å². The summed E-state index contributed by atoms with van der Waals surface area (Å²) in [6, 6.07) is 4.02. The number of aromatic nitrogens is 1. The van der Waals surface area contributed by atoms with Crippen LogP contribution in [-0.4, -0.2) is 34.7 Å². The lowest BCUT2D eigenvalue weighted by Crippen LogP contribution is -2.26. The Morgan fingerprint density at radius 2 is 2.15 bits per heavy atom. The topological polar surface area (TPSA) is 117 Å². The van der Waals surface area contributed by atoms with E-state index >= 15 is 0 Å². The highest BCUT2D eigenvalue weighted by molar-refractivity contribution is 5.76. The Morgan fingerprint density at radius 3 is 2.85 bits per heavy atom. The predicted octanol–water partition coefficient (Wildman–Crippen LogP) is 2.21. The molecule has 1 N–H and O–H groups in total. The van der Waals surface area contributed by atoms with Crippen LogP contribution in [0.2, 0.25) is 0 Å². The molecule has 0 saturated carbocycles. The fourth-order valence-electron chi connectivity index (χ4n) is 2.49. The maximum Gasteiger partial charge on any atom is 0.419 e. The van der Waals surface area contributed by atoms with Crippen LogP contribution in [0.5, 0.6) is 0 Å². The van der Waals surface area contributed by atoms with E-state index in [4.69, 9.17) is 9.15 Å². The van der Waals surface area contributed by atoms with Crippen LogP contribution in [0, 0.1) is 10.1 Å². The van der Waals surface area contributed by atoms with Gasteiger partial charge in [-0.2, -0.15) is 0 Å². The molecule has 0 bridgehead atoms. The standard InChI is InChI=1S/C17H23N3O6/c1-12(2)25-10-4-8-18-16(21)5-3-9-19-14-7-6-13(20(23)24)11-15(14)26-17(19)22/h6-7,11-12H,3-5,8-10H2,1-2H3,(H,18,21). The summed E-state index contributed by atoms with van der Waals surface area (Å²) < 4.78 is 11.8. The molecule has 1 amide bonds. The van der Waals surface area contributed by atoms with Crippen LogP contribution in [0.3, 0.4) is 0 Å². The van der Waals surface area contributed by atoms with E-state index in [9.17, 15) is 19.7 Å². The summed E-state index contributed by atoms with van der Waals surface area (Å²) in [5.41, 5.74) is 0.505. The highest BCUT2D eigenvalue weighted by atomic mass is 16.6. The summed E-state index contributed by atoms with van der Waals surface area (Å²) in [6.07, 6.45) is 1.65. The monoisotopic (exact) mass is 365 g/mol. The van der Waals surface area contributed by atoms with Crippen LogP contribution in [0.15, 0.2) is 27.4 Å². The number of benzene rings is 1. The van der Waals surface area contributed by atoms with Crippen LogP contribution < -0.4 is 11.1 Å². The molecule has 1 aromatic heterocycles. The number of amides is 1. The minimum atomic E-state index is -0.591. The van der Waals surface area contributed by atoms with Gasteiger partial charge in [0.2, 0.25) is 5.91 Å². The van der Waals surface area contributed by atoms with E-state index in [0.717, 1.165) is 6.42 Å². The first kappa shape index (κ1) is 19.6. The molecule has 2 rings (SSSR count). The first-order valence-electron chi connectivity index (χ1n) is 8.54. The van der Waals surface area contributed by atoms with E-state index in [1.807, 2.05) is 13.8 Å². The third-order valence-corrected chi connectivity index (χ3v) is 3.74. The van der Waals surface area contributed by atoms with Gasteiger partial charge in [0.15, 0.2) is 5.58 Å². The molecule has 0 radical (unpaired) electrons. The number of hydrogen-bond donors (Lipinski definition) is 1. The number of non-ortho nitro benzene ring substituents is 1. The Bertz CT molecular complexity index is 824. The van der Waals surface area contributed by atoms with Gasteiger partial charge in [-0.15, -0.1) is 0 Å². The van der Waals surface area contributed by atoms with Gasteiger partial charge in [-0.1, -0.05) is 0 Å². The second-order valence-corrected chi connectivity index (χ2v) is 6.16. The van der Waals surface area contributed by atoms with E-state index < -0.39 is 10.7 Å². The largest absolute Gasteiger partial charge is 0.419 e. The lowest BCUT2D eigenvalue weighted by Gasteiger charge is -2.08. The van der Waals surface area contributed by atoms with Crippen LogP contribution in [0.4, 0.5) is 5.69 Å². The third-order valence-electron chi connectivity index (χ3n) is 3.74. The van der Waals surface area contributed by atoms with E-state index in [0.29, 0.717) is 31.6 Å². The van der Waals surface area contributed by atoms with Crippen LogP contribution in [0.1, 0.15) is 33.1 Å². The molecule has 0 aliphatic rings. The zero-order valence-corrected chi connectivity index (χ0v) is 14.9. The molecule has 0 aliphatic carbocycles. The van der Waals surface area contributed by atoms with Gasteiger partial charge in [0.05, 0.1) is 22.6 Å². The number of fused-ring (bicyclic) bond motifs is 1. The summed E-state index contributed by atoms with van der Waals surface area (Å²) in [4.78, 5) is 33.9. The predicted molar refractivity (Wildman–Crippen MR) is 95.1 cm³/mol. The Hall–Kier alpha value is -2.68. The second-order valence-electron chi connectivity index (χ2n) is 6.16. The van der Waals surface area contributed by atoms with Crippen LogP contribution >= 0.6 is 0 Å². The molecule has 1 aromatic carbocycles. The average molecular weight is 365 g/mol. The van der Waals surface area contributed by atoms with Gasteiger partial charge >= 0.3 is 5.76 Å². The van der Waals surface area contributed by atoms with Crippen molar-refractivity contribution in [3.8, 4) is 0 Å². The highest BCUT2D eigenvalue weighted by Gasteiger charge is 2.14. The van der Waals surface area contributed by atoms with Crippen molar-refractivity contribution in [2.75, 3.05) is 13.2 Å². The maximum atomic E-state index is 11.9. The molecule has 0 saturated heterocycles. The number of ether oxygens (including phenoxy) is 1. The molecule has 0 unspecified atom stereocenters. The molecule has 2 aromatic rings. The molecular weight excluding hydrogens is 342 g/mol. The SMILES string of the molecule is CC(C)OCCCNC(=O)CCCn1c(=O)oc2cc([N+](=O)[O-])ccc21. The summed E-state index contributed by atoms with van der Waals surface area (Å²) >= 11 is 0. The number of oxazole rings is 1. The lowest BCUT2D eigenvalue weighted by molar-refractivity contribution is -0.384. The van der Waals surface area contributed by atoms with Crippen LogP contribution in [-0.2, 0) is 16.1 Å². The molecule has 9 nitrogen and oxygen atoms in total. The first-order chi connectivity index (χ1) is 12.4. The van der Waals surface area contributed by atoms with E-state index in [1.54, 1.807) is 0 Å². The number of hydrogen-bond acceptors (Lipinski definition) is 6. The number of aryl methyl sites for hydroxylation is 1. The van der Waals surface area contributed by atoms with Gasteiger partial charge in [0.1, 0.15) is 0 Å². The zero-order valence-electron chi connectivity index (χ0n) is 14.9. The molecule has 0 spiro atoms. The number of rotatable bonds is 10. The Balaban J connectivity index is 1.82. The highest BCUT2D eigenvalue weighted by Crippen LogP contribution is 2.20. The third kappa shape index (κ3) is 5.41. The summed E-state index contributed by atoms with van der Waals surface area (Å²) in [5.74, 6) is -0.683. The van der Waals surface area contributed by atoms with Crippen molar-refractivity contribution in [3.63, 3.8) is 0 Å². The van der Waals surface area contributed by atoms with Gasteiger partial charge < -0.3 is 14.5 Å². The average Bonchev–Trinajstić information content (AvgIpc) is 2.89. The van der Waals surface area contributed by atoms with Crippen molar-refractivity contribution in [1.82, 2.24) is 9.88 Å². The molecular formula is C17H23N3O6. The van der Waals surface area contributed by atoms with Crippen molar-refractivity contribution in [2.45, 2.75) is 45.8 Å². The van der Waals surface area contributed by atoms with Crippen molar-refractivity contribution >= 4 is 22.7 Å². The molecule has 0 aliphatic heterocycles. The van der Waals surface area contributed by atoms with Crippen LogP contribution in [0.25, 0.3) is 11.1 Å². The van der Waals surface area contributed by atoms with Crippen molar-refractivity contribution in [1.29, 1.82) is 0 Å². The fraction of sp³-hybridized carbons (Fsp3) is 0.529. The van der Waals surface area contributed by atoms with Gasteiger partial charge in [0.25, 0.3) is 5.69 Å². The molecule has 142 valence electrons. The molecule has 26 heavy (non-hydrogen) atoms. The Morgan fingerprint density at radius 1 is 1.38 bits per heavy atom. The Kier molecular flexibility index (Phi) is 6.90. The van der Waals surface area contributed by atoms with Crippen molar-refractivity contribution in [3.05, 3.63) is 38.9 Å². The van der Waals surface area contributed by atoms with Gasteiger partial charge in [-0.3, -0.25) is 19.5 Å². The summed E-state index contributed by atoms with van der Waals surface area (Å²) in [5, 5.41) is 13.6. The van der Waals surface area contributed by atoms with Gasteiger partial charge in [-0.25, -0.2) is 4.79 Å². The Labute approximate surface area is 150 Å². The zero-order chi connectivity index (χ0) is 19.1. The van der Waals surface area contributed by atoms with Gasteiger partial charge in [-0.05, 0) is 32.8 Å². The smallest absolute Gasteiger partial charge is 0.407 e. The number of nitrogens with zero attached hydrogens (tertiary/aromatic N) is 2. The van der Waals surface area contributed by atoms with E-state index in [2.05, 4.69) is 5.32 Å². The number of nitrogens with one attached hydrogen (secondary N) is 1. The van der Waals surface area contributed by atoms with Crippen molar-refractivity contribution < 1.29 is 18.9 Å².